The molecule has 0 heterocycles. The van der Waals surface area contributed by atoms with Gasteiger partial charge < -0.3 is 10.1 Å². The smallest absolute Gasteiger partial charge is 0.122 e. The molecule has 0 aromatic heterocycles. The number of ether oxygens (including phenoxy) is 1. The van der Waals surface area contributed by atoms with Crippen LogP contribution in [0.2, 0.25) is 0 Å². The highest BCUT2D eigenvalue weighted by molar-refractivity contribution is 5.43. The van der Waals surface area contributed by atoms with E-state index in [0.717, 1.165) is 11.8 Å². The first-order chi connectivity index (χ1) is 7.88. The van der Waals surface area contributed by atoms with Crippen LogP contribution in [-0.2, 0) is 6.42 Å². The minimum atomic E-state index is 0.561. The number of methoxy groups -OCH3 is 1. The molecule has 16 heavy (non-hydrogen) atoms. The maximum Gasteiger partial charge on any atom is 0.122 e. The highest BCUT2D eigenvalue weighted by Crippen LogP contribution is 2.37. The van der Waals surface area contributed by atoms with Crippen molar-refractivity contribution in [2.75, 3.05) is 7.11 Å². The molecule has 1 aromatic carbocycles. The van der Waals surface area contributed by atoms with Gasteiger partial charge in [-0.1, -0.05) is 12.1 Å². The Morgan fingerprint density at radius 3 is 2.88 bits per heavy atom. The van der Waals surface area contributed by atoms with Crippen LogP contribution in [0.15, 0.2) is 18.2 Å². The average Bonchev–Trinajstić information content (AvgIpc) is 3.13. The van der Waals surface area contributed by atoms with Crippen molar-refractivity contribution in [1.29, 1.82) is 0 Å². The van der Waals surface area contributed by atoms with Crippen molar-refractivity contribution >= 4 is 0 Å². The largest absolute Gasteiger partial charge is 0.496 e. The first-order valence-corrected chi connectivity index (χ1v) is 6.30. The maximum absolute atomic E-state index is 5.45. The summed E-state index contributed by atoms with van der Waals surface area (Å²) in [4.78, 5) is 0. The molecule has 2 aliphatic carbocycles. The molecule has 2 aliphatic rings. The quantitative estimate of drug-likeness (QED) is 0.840. The Balaban J connectivity index is 1.91. The van der Waals surface area contributed by atoms with Crippen molar-refractivity contribution in [2.45, 2.75) is 44.2 Å². The Kier molecular flexibility index (Phi) is 2.60. The maximum atomic E-state index is 5.45. The summed E-state index contributed by atoms with van der Waals surface area (Å²) in [7, 11) is 1.77. The van der Waals surface area contributed by atoms with Crippen LogP contribution >= 0.6 is 0 Å². The van der Waals surface area contributed by atoms with Crippen molar-refractivity contribution < 1.29 is 4.74 Å². The fourth-order valence-electron chi connectivity index (χ4n) is 2.71. The van der Waals surface area contributed by atoms with Gasteiger partial charge >= 0.3 is 0 Å². The number of benzene rings is 1. The highest BCUT2D eigenvalue weighted by Gasteiger charge is 2.28. The van der Waals surface area contributed by atoms with Gasteiger partial charge in [-0.2, -0.15) is 0 Å². The summed E-state index contributed by atoms with van der Waals surface area (Å²) in [5, 5.41) is 3.74. The first-order valence-electron chi connectivity index (χ1n) is 6.30. The molecule has 0 amide bonds. The third-order valence-electron chi connectivity index (χ3n) is 3.70. The third kappa shape index (κ3) is 1.82. The summed E-state index contributed by atoms with van der Waals surface area (Å²) in [6.45, 7) is 0. The fraction of sp³-hybridized carbons (Fsp3) is 0.571. The summed E-state index contributed by atoms with van der Waals surface area (Å²) in [5.41, 5.74) is 2.90. The predicted molar refractivity (Wildman–Crippen MR) is 64.8 cm³/mol. The van der Waals surface area contributed by atoms with Gasteiger partial charge in [0.2, 0.25) is 0 Å². The SMILES string of the molecule is COc1cccc2c1CCCC2NC1CC1. The molecule has 1 atom stereocenters. The molecule has 0 spiro atoms. The van der Waals surface area contributed by atoms with Crippen LogP contribution in [0.4, 0.5) is 0 Å². The lowest BCUT2D eigenvalue weighted by molar-refractivity contribution is 0.395. The highest BCUT2D eigenvalue weighted by atomic mass is 16.5. The van der Waals surface area contributed by atoms with E-state index in [2.05, 4.69) is 23.5 Å². The number of nitrogens with one attached hydrogen (secondary N) is 1. The van der Waals surface area contributed by atoms with Crippen LogP contribution in [0.1, 0.15) is 42.9 Å². The molecule has 86 valence electrons. The van der Waals surface area contributed by atoms with E-state index in [1.165, 1.54) is 43.2 Å². The van der Waals surface area contributed by atoms with Crippen molar-refractivity contribution in [1.82, 2.24) is 5.32 Å². The molecule has 1 saturated carbocycles. The lowest BCUT2D eigenvalue weighted by Gasteiger charge is -2.27. The van der Waals surface area contributed by atoms with Gasteiger partial charge in [-0.25, -0.2) is 0 Å². The van der Waals surface area contributed by atoms with Crippen LogP contribution in [-0.4, -0.2) is 13.2 Å². The van der Waals surface area contributed by atoms with E-state index in [9.17, 15) is 0 Å². The normalized spacial score (nSPS) is 23.9. The van der Waals surface area contributed by atoms with E-state index in [4.69, 9.17) is 4.74 Å². The zero-order chi connectivity index (χ0) is 11.0. The molecule has 2 heteroatoms. The lowest BCUT2D eigenvalue weighted by atomic mass is 9.87. The van der Waals surface area contributed by atoms with Crippen LogP contribution in [0, 0.1) is 0 Å². The monoisotopic (exact) mass is 217 g/mol. The van der Waals surface area contributed by atoms with Crippen LogP contribution in [0.25, 0.3) is 0 Å². The Hall–Kier alpha value is -1.02. The molecule has 1 fully saturated rings. The lowest BCUT2D eigenvalue weighted by Crippen LogP contribution is -2.27. The van der Waals surface area contributed by atoms with Crippen LogP contribution < -0.4 is 10.1 Å². The van der Waals surface area contributed by atoms with E-state index in [1.807, 2.05) is 0 Å². The number of hydrogen-bond acceptors (Lipinski definition) is 2. The molecule has 0 bridgehead atoms. The van der Waals surface area contributed by atoms with Crippen molar-refractivity contribution in [3.63, 3.8) is 0 Å². The zero-order valence-corrected chi connectivity index (χ0v) is 9.83. The average molecular weight is 217 g/mol. The Morgan fingerprint density at radius 2 is 2.12 bits per heavy atom. The number of hydrogen-bond donors (Lipinski definition) is 1. The standard InChI is InChI=1S/C14H19NO/c1-16-14-7-3-4-11-12(14)5-2-6-13(11)15-10-8-9-10/h3-4,7,10,13,15H,2,5-6,8-9H2,1H3. The molecule has 3 rings (SSSR count). The zero-order valence-electron chi connectivity index (χ0n) is 9.83. The Morgan fingerprint density at radius 1 is 1.25 bits per heavy atom. The van der Waals surface area contributed by atoms with E-state index < -0.39 is 0 Å². The fourth-order valence-corrected chi connectivity index (χ4v) is 2.71. The van der Waals surface area contributed by atoms with E-state index >= 15 is 0 Å². The second-order valence-corrected chi connectivity index (χ2v) is 4.91. The minimum Gasteiger partial charge on any atom is -0.496 e. The van der Waals surface area contributed by atoms with Gasteiger partial charge in [0.25, 0.3) is 0 Å². The van der Waals surface area contributed by atoms with Crippen LogP contribution in [0.5, 0.6) is 5.75 Å². The first kappa shape index (κ1) is 10.2. The van der Waals surface area contributed by atoms with E-state index in [1.54, 1.807) is 7.11 Å². The van der Waals surface area contributed by atoms with Crippen molar-refractivity contribution in [3.05, 3.63) is 29.3 Å². The molecule has 1 unspecified atom stereocenters. The topological polar surface area (TPSA) is 21.3 Å². The van der Waals surface area contributed by atoms with E-state index in [-0.39, 0.29) is 0 Å². The molecule has 0 radical (unpaired) electrons. The van der Waals surface area contributed by atoms with Gasteiger partial charge in [-0.15, -0.1) is 0 Å². The molecule has 0 aliphatic heterocycles. The van der Waals surface area contributed by atoms with E-state index in [0.29, 0.717) is 6.04 Å². The van der Waals surface area contributed by atoms with Gasteiger partial charge in [-0.05, 0) is 49.3 Å². The molecular formula is C14H19NO. The number of fused-ring (bicyclic) bond motifs is 1. The molecular weight excluding hydrogens is 198 g/mol. The summed E-state index contributed by atoms with van der Waals surface area (Å²) in [6, 6.07) is 7.80. The molecule has 1 aromatic rings. The van der Waals surface area contributed by atoms with Gasteiger partial charge in [0.15, 0.2) is 0 Å². The van der Waals surface area contributed by atoms with Crippen molar-refractivity contribution in [2.24, 2.45) is 0 Å². The van der Waals surface area contributed by atoms with Gasteiger partial charge in [-0.3, -0.25) is 0 Å². The van der Waals surface area contributed by atoms with Crippen LogP contribution in [0.3, 0.4) is 0 Å². The number of rotatable bonds is 3. The van der Waals surface area contributed by atoms with Gasteiger partial charge in [0, 0.05) is 12.1 Å². The second kappa shape index (κ2) is 4.10. The molecule has 2 nitrogen and oxygen atoms in total. The minimum absolute atomic E-state index is 0.561. The summed E-state index contributed by atoms with van der Waals surface area (Å²) >= 11 is 0. The Labute approximate surface area is 97.0 Å². The van der Waals surface area contributed by atoms with Gasteiger partial charge in [0.05, 0.1) is 7.11 Å². The van der Waals surface area contributed by atoms with Crippen molar-refractivity contribution in [3.8, 4) is 5.75 Å². The summed E-state index contributed by atoms with van der Waals surface area (Å²) < 4.78 is 5.45. The summed E-state index contributed by atoms with van der Waals surface area (Å²) in [6.07, 6.45) is 6.43. The predicted octanol–water partition coefficient (Wildman–Crippen LogP) is 2.82. The van der Waals surface area contributed by atoms with Gasteiger partial charge in [0.1, 0.15) is 5.75 Å². The molecule has 1 N–H and O–H groups in total. The second-order valence-electron chi connectivity index (χ2n) is 4.91. The molecule has 0 saturated heterocycles. The Bertz CT molecular complexity index is 384. The third-order valence-corrected chi connectivity index (χ3v) is 3.70. The summed E-state index contributed by atoms with van der Waals surface area (Å²) in [5.74, 6) is 1.07.